The van der Waals surface area contributed by atoms with Crippen LogP contribution in [0.15, 0.2) is 18.3 Å². The van der Waals surface area contributed by atoms with E-state index in [-0.39, 0.29) is 16.7 Å². The number of rotatable bonds is 2. The average Bonchev–Trinajstić information content (AvgIpc) is 2.89. The highest BCUT2D eigenvalue weighted by molar-refractivity contribution is 6.14. The first-order chi connectivity index (χ1) is 11.4. The molecule has 0 bridgehead atoms. The van der Waals surface area contributed by atoms with Gasteiger partial charge in [-0.25, -0.2) is 4.79 Å². The SMILES string of the molecule is COc1cc(C)c2c(ccn2C(=O)OC(C)(C)C)c1C(=O)C(F)(F)F. The number of fused-ring (bicyclic) bond motifs is 1. The molecule has 0 amide bonds. The lowest BCUT2D eigenvalue weighted by atomic mass is 10.0. The number of hydrogen-bond donors (Lipinski definition) is 0. The summed E-state index contributed by atoms with van der Waals surface area (Å²) in [6.07, 6.45) is -4.54. The molecule has 0 unspecified atom stereocenters. The van der Waals surface area contributed by atoms with E-state index in [1.165, 1.54) is 25.4 Å². The molecule has 1 aromatic heterocycles. The van der Waals surface area contributed by atoms with Crippen molar-refractivity contribution in [2.75, 3.05) is 7.11 Å². The summed E-state index contributed by atoms with van der Waals surface area (Å²) < 4.78 is 50.2. The third-order valence-corrected chi connectivity index (χ3v) is 3.42. The standard InChI is InChI=1S/C17H18F3NO4/c1-9-8-11(24-5)12(14(22)17(18,19)20)10-6-7-21(13(9)10)15(23)25-16(2,3)4/h6-8H,1-5H3. The van der Waals surface area contributed by atoms with Gasteiger partial charge in [-0.2, -0.15) is 13.2 Å². The molecule has 1 heterocycles. The van der Waals surface area contributed by atoms with Crippen molar-refractivity contribution in [3.63, 3.8) is 0 Å². The quantitative estimate of drug-likeness (QED) is 0.743. The van der Waals surface area contributed by atoms with Gasteiger partial charge in [-0.15, -0.1) is 0 Å². The summed E-state index contributed by atoms with van der Waals surface area (Å²) in [5.74, 6) is -2.23. The number of ketones is 1. The molecule has 2 rings (SSSR count). The zero-order valence-electron chi connectivity index (χ0n) is 14.4. The maximum atomic E-state index is 13.0. The van der Waals surface area contributed by atoms with Crippen molar-refractivity contribution in [1.82, 2.24) is 4.57 Å². The minimum Gasteiger partial charge on any atom is -0.496 e. The predicted octanol–water partition coefficient (Wildman–Crippen LogP) is 4.49. The van der Waals surface area contributed by atoms with Crippen molar-refractivity contribution in [3.8, 4) is 5.75 Å². The molecule has 5 nitrogen and oxygen atoms in total. The van der Waals surface area contributed by atoms with Crippen LogP contribution >= 0.6 is 0 Å². The fourth-order valence-electron chi connectivity index (χ4n) is 2.51. The Hall–Kier alpha value is -2.51. The second-order valence-corrected chi connectivity index (χ2v) is 6.53. The van der Waals surface area contributed by atoms with Crippen LogP contribution < -0.4 is 4.74 Å². The van der Waals surface area contributed by atoms with E-state index in [9.17, 15) is 22.8 Å². The van der Waals surface area contributed by atoms with Crippen molar-refractivity contribution in [1.29, 1.82) is 0 Å². The molecule has 8 heteroatoms. The van der Waals surface area contributed by atoms with Gasteiger partial charge in [0.05, 0.1) is 18.2 Å². The molecule has 0 aliphatic rings. The van der Waals surface area contributed by atoms with Crippen molar-refractivity contribution in [3.05, 3.63) is 29.5 Å². The van der Waals surface area contributed by atoms with Crippen LogP contribution in [0.1, 0.15) is 36.7 Å². The number of halogens is 3. The third-order valence-electron chi connectivity index (χ3n) is 3.42. The average molecular weight is 357 g/mol. The lowest BCUT2D eigenvalue weighted by Gasteiger charge is -2.20. The first kappa shape index (κ1) is 18.8. The summed E-state index contributed by atoms with van der Waals surface area (Å²) in [7, 11) is 1.18. The van der Waals surface area contributed by atoms with Crippen LogP contribution in [0.2, 0.25) is 0 Å². The van der Waals surface area contributed by atoms with Gasteiger partial charge in [0.2, 0.25) is 0 Å². The smallest absolute Gasteiger partial charge is 0.455 e. The van der Waals surface area contributed by atoms with E-state index < -0.39 is 29.2 Å². The van der Waals surface area contributed by atoms with E-state index in [1.807, 2.05) is 0 Å². The van der Waals surface area contributed by atoms with Crippen LogP contribution in [0, 0.1) is 6.92 Å². The largest absolute Gasteiger partial charge is 0.496 e. The van der Waals surface area contributed by atoms with Crippen LogP contribution in [0.25, 0.3) is 10.9 Å². The van der Waals surface area contributed by atoms with Gasteiger partial charge in [0.25, 0.3) is 5.78 Å². The number of carbonyl (C=O) groups excluding carboxylic acids is 2. The molecule has 0 aliphatic carbocycles. The molecule has 25 heavy (non-hydrogen) atoms. The minimum absolute atomic E-state index is 0.0231. The van der Waals surface area contributed by atoms with Crippen molar-refractivity contribution >= 4 is 22.8 Å². The van der Waals surface area contributed by atoms with Gasteiger partial charge in [0.1, 0.15) is 11.4 Å². The normalized spacial score (nSPS) is 12.3. The topological polar surface area (TPSA) is 57.5 Å². The molecule has 0 aliphatic heterocycles. The number of aromatic nitrogens is 1. The summed E-state index contributed by atoms with van der Waals surface area (Å²) in [5, 5.41) is -0.0231. The second-order valence-electron chi connectivity index (χ2n) is 6.53. The molecule has 0 radical (unpaired) electrons. The molecule has 0 N–H and O–H groups in total. The van der Waals surface area contributed by atoms with E-state index in [4.69, 9.17) is 9.47 Å². The molecular weight excluding hydrogens is 339 g/mol. The first-order valence-corrected chi connectivity index (χ1v) is 7.40. The lowest BCUT2D eigenvalue weighted by Crippen LogP contribution is -2.27. The summed E-state index contributed by atoms with van der Waals surface area (Å²) in [4.78, 5) is 24.2. The minimum atomic E-state index is -5.07. The van der Waals surface area contributed by atoms with E-state index in [2.05, 4.69) is 0 Å². The Morgan fingerprint density at radius 2 is 1.76 bits per heavy atom. The highest BCUT2D eigenvalue weighted by atomic mass is 19.4. The van der Waals surface area contributed by atoms with Crippen molar-refractivity contribution < 1.29 is 32.2 Å². The van der Waals surface area contributed by atoms with Gasteiger partial charge in [-0.1, -0.05) is 0 Å². The Balaban J connectivity index is 2.73. The first-order valence-electron chi connectivity index (χ1n) is 7.40. The van der Waals surface area contributed by atoms with Crippen molar-refractivity contribution in [2.24, 2.45) is 0 Å². The van der Waals surface area contributed by atoms with Gasteiger partial charge in [-0.05, 0) is 45.4 Å². The Morgan fingerprint density at radius 1 is 1.16 bits per heavy atom. The Labute approximate surface area is 142 Å². The number of Topliss-reactive ketones (excluding diaryl/α,β-unsaturated/α-hetero) is 1. The molecule has 0 spiro atoms. The third kappa shape index (κ3) is 3.62. The molecule has 0 saturated carbocycles. The monoisotopic (exact) mass is 357 g/mol. The zero-order chi connectivity index (χ0) is 19.2. The zero-order valence-corrected chi connectivity index (χ0v) is 14.4. The van der Waals surface area contributed by atoms with E-state index in [0.29, 0.717) is 5.56 Å². The highest BCUT2D eigenvalue weighted by Crippen LogP contribution is 2.36. The number of benzene rings is 1. The number of alkyl halides is 3. The summed E-state index contributed by atoms with van der Waals surface area (Å²) in [6.45, 7) is 6.62. The molecule has 0 fully saturated rings. The molecule has 136 valence electrons. The predicted molar refractivity (Wildman–Crippen MR) is 85.2 cm³/mol. The van der Waals surface area contributed by atoms with E-state index >= 15 is 0 Å². The second kappa shape index (κ2) is 6.09. The fourth-order valence-corrected chi connectivity index (χ4v) is 2.51. The van der Waals surface area contributed by atoms with Crippen LogP contribution in [-0.4, -0.2) is 35.3 Å². The van der Waals surface area contributed by atoms with Crippen LogP contribution in [0.4, 0.5) is 18.0 Å². The number of methoxy groups -OCH3 is 1. The van der Waals surface area contributed by atoms with E-state index in [1.54, 1.807) is 27.7 Å². The number of carbonyl (C=O) groups is 2. The molecular formula is C17H18F3NO4. The number of hydrogen-bond acceptors (Lipinski definition) is 4. The molecule has 2 aromatic rings. The fraction of sp³-hybridized carbons (Fsp3) is 0.412. The van der Waals surface area contributed by atoms with Gasteiger partial charge >= 0.3 is 12.3 Å². The molecule has 0 saturated heterocycles. The van der Waals surface area contributed by atoms with Gasteiger partial charge in [0.15, 0.2) is 0 Å². The Kier molecular flexibility index (Phi) is 4.59. The number of ether oxygens (including phenoxy) is 2. The number of aryl methyl sites for hydroxylation is 1. The summed E-state index contributed by atoms with van der Waals surface area (Å²) in [5.41, 5.74) is -0.763. The van der Waals surface area contributed by atoms with Gasteiger partial charge in [0, 0.05) is 11.6 Å². The highest BCUT2D eigenvalue weighted by Gasteiger charge is 2.42. The Bertz CT molecular complexity index is 844. The molecule has 1 aromatic carbocycles. The maximum Gasteiger partial charge on any atom is 0.455 e. The summed E-state index contributed by atoms with van der Waals surface area (Å²) in [6, 6.07) is 2.57. The van der Waals surface area contributed by atoms with Crippen LogP contribution in [0.5, 0.6) is 5.75 Å². The Morgan fingerprint density at radius 3 is 2.24 bits per heavy atom. The van der Waals surface area contributed by atoms with Crippen molar-refractivity contribution in [2.45, 2.75) is 39.5 Å². The summed E-state index contributed by atoms with van der Waals surface area (Å²) >= 11 is 0. The maximum absolute atomic E-state index is 13.0. The lowest BCUT2D eigenvalue weighted by molar-refractivity contribution is -0.0885. The van der Waals surface area contributed by atoms with Gasteiger partial charge < -0.3 is 9.47 Å². The van der Waals surface area contributed by atoms with Crippen LogP contribution in [-0.2, 0) is 4.74 Å². The van der Waals surface area contributed by atoms with Crippen LogP contribution in [0.3, 0.4) is 0 Å². The molecule has 0 atom stereocenters. The number of nitrogens with zero attached hydrogens (tertiary/aromatic N) is 1. The van der Waals surface area contributed by atoms with Gasteiger partial charge in [-0.3, -0.25) is 9.36 Å². The van der Waals surface area contributed by atoms with E-state index in [0.717, 1.165) is 4.57 Å².